The standard InChI is InChI=1S/C34H48N12O23P4S/c1-43-13-46(28-20(43)29(51)42-33(36)41-28)30-21(48)14(5-7-60-2)15(65-30)8-64-73(59,74)69-72(57,58)68-71(55,56)63-10-17-25(24(61-3)32(67-17)45-12-39-19-26(35)37-11-38-27(19)45)70(53,54)62-9-16-22(49)23(50)31(66-16)44-6-4-18(47)40-34(44)52/h4,6,11-17,21-25,30-32,48-50H,5,7-10H2,1-3H3,(H9-,35,36,37,38,40,41,42,47,51,52,53,54,55,56,57,58,59,74)/t14-,15-,16-,17?,21-,22-,23-,24-,25-,30-,31-,32-,73?/m1/s1. The van der Waals surface area contributed by atoms with Crippen LogP contribution in [-0.4, -0.2) is 163 Å². The van der Waals surface area contributed by atoms with Crippen LogP contribution in [0.15, 0.2) is 45.6 Å². The third-order valence-electron chi connectivity index (χ3n) is 12.0. The van der Waals surface area contributed by atoms with Crippen LogP contribution in [0.25, 0.3) is 22.3 Å². The number of fused-ring (bicyclic) bond motifs is 2. The van der Waals surface area contributed by atoms with Gasteiger partial charge < -0.3 is 83.7 Å². The van der Waals surface area contributed by atoms with E-state index in [-0.39, 0.29) is 47.1 Å². The number of phosphoric acid groups is 2. The molecule has 5 unspecified atom stereocenters. The van der Waals surface area contributed by atoms with Gasteiger partial charge >= 0.3 is 33.7 Å². The van der Waals surface area contributed by atoms with E-state index in [0.29, 0.717) is 0 Å². The Morgan fingerprint density at radius 2 is 1.57 bits per heavy atom. The van der Waals surface area contributed by atoms with Crippen molar-refractivity contribution in [1.82, 2.24) is 43.6 Å². The smallest absolute Gasteiger partial charge is 0.488 e. The molecule has 0 aliphatic carbocycles. The highest BCUT2D eigenvalue weighted by atomic mass is 32.5. The number of nitrogens with one attached hydrogen (secondary N) is 2. The van der Waals surface area contributed by atoms with E-state index in [9.17, 15) is 63.0 Å². The fraction of sp³-hybridized carbons (Fsp3) is 0.588. The second-order valence-electron chi connectivity index (χ2n) is 16.7. The van der Waals surface area contributed by atoms with Crippen LogP contribution in [0.2, 0.25) is 0 Å². The lowest BCUT2D eigenvalue weighted by Crippen LogP contribution is -2.45. The summed E-state index contributed by atoms with van der Waals surface area (Å²) in [7, 11) is -13.4. The fourth-order valence-electron chi connectivity index (χ4n) is 8.67. The molecule has 8 rings (SSSR count). The number of nitrogen functional groups attached to an aromatic ring is 2. The molecule has 16 atom stereocenters. The van der Waals surface area contributed by atoms with Gasteiger partial charge in [0.2, 0.25) is 11.7 Å². The number of methoxy groups -OCH3 is 2. The molecule has 3 saturated heterocycles. The third-order valence-corrected chi connectivity index (χ3v) is 19.0. The van der Waals surface area contributed by atoms with Gasteiger partial charge in [0.05, 0.1) is 51.1 Å². The minimum atomic E-state index is -5.99. The number of nitrogens with two attached hydrogens (primary N) is 2. The second kappa shape index (κ2) is 21.7. The number of aliphatic hydroxyl groups excluding tert-OH is 3. The van der Waals surface area contributed by atoms with Gasteiger partial charge in [-0.1, -0.05) is 4.98 Å². The molecule has 35 nitrogen and oxygen atoms in total. The normalized spacial score (nSPS) is 30.6. The minimum Gasteiger partial charge on any atom is -0.778 e. The summed E-state index contributed by atoms with van der Waals surface area (Å²) in [5.74, 6) is -1.18. The molecule has 0 bridgehead atoms. The maximum Gasteiger partial charge on any atom is 0.488 e. The molecule has 0 spiro atoms. The molecule has 0 aromatic carbocycles. The average Bonchev–Trinajstić information content (AvgIpc) is 4.12. The SMILES string of the molecule is COCC[C@H]1[C@@H](O)[C@H]([n+]2cn(C)c3c(=O)[nH]c(N)nc32)O[C@@H]1COP(O)(=S)OP(=O)(O)OP(=O)(O)OCC1O[C@@H](n2cnc3c(N)ncnc32)[C@H](OC)[C@@H]1P(=O)([O-])OC[C@H]1O[C@@H](n2ccc(=O)[nH]c2=O)[C@H](O)[C@@H]1O. The summed E-state index contributed by atoms with van der Waals surface area (Å²) in [5, 5.41) is 32.9. The first kappa shape index (κ1) is 56.1. The summed E-state index contributed by atoms with van der Waals surface area (Å²) in [6, 6.07) is 0.927. The summed E-state index contributed by atoms with van der Waals surface area (Å²) in [5.41, 5.74) is 7.38. The monoisotopic (exact) mass is 1150 g/mol. The Labute approximate surface area is 418 Å². The van der Waals surface area contributed by atoms with Crippen molar-refractivity contribution in [2.75, 3.05) is 52.1 Å². The number of nitrogens with zero attached hydrogens (tertiary/aromatic N) is 8. The van der Waals surface area contributed by atoms with Crippen LogP contribution in [0.1, 0.15) is 25.1 Å². The summed E-state index contributed by atoms with van der Waals surface area (Å²) in [4.78, 5) is 104. The largest absolute Gasteiger partial charge is 0.778 e. The molecular formula is C34H48N12O23P4S. The Hall–Kier alpha value is -4.16. The van der Waals surface area contributed by atoms with E-state index in [1.54, 1.807) is 0 Å². The van der Waals surface area contributed by atoms with E-state index in [4.69, 9.17) is 60.5 Å². The first-order valence-electron chi connectivity index (χ1n) is 21.4. The van der Waals surface area contributed by atoms with Gasteiger partial charge in [-0.2, -0.15) is 4.31 Å². The number of H-pyrrole nitrogens is 2. The number of phosphoric ester groups is 1. The van der Waals surface area contributed by atoms with Crippen molar-refractivity contribution in [1.29, 1.82) is 0 Å². The number of hydrogen-bond donors (Lipinski definition) is 10. The van der Waals surface area contributed by atoms with Gasteiger partial charge in [0.15, 0.2) is 30.2 Å². The Morgan fingerprint density at radius 3 is 2.27 bits per heavy atom. The molecule has 3 fully saturated rings. The molecule has 3 aliphatic rings. The summed E-state index contributed by atoms with van der Waals surface area (Å²) in [6.07, 6.45) is -11.2. The van der Waals surface area contributed by atoms with Gasteiger partial charge in [-0.15, -0.1) is 0 Å². The van der Waals surface area contributed by atoms with Crippen LogP contribution in [0.5, 0.6) is 0 Å². The molecule has 0 amide bonds. The second-order valence-corrected chi connectivity index (χ2v) is 24.6. The molecule has 40 heteroatoms. The highest BCUT2D eigenvalue weighted by Crippen LogP contribution is 2.68. The average molecular weight is 1150 g/mol. The summed E-state index contributed by atoms with van der Waals surface area (Å²) < 4.78 is 98.4. The van der Waals surface area contributed by atoms with Gasteiger partial charge in [-0.25, -0.2) is 37.8 Å². The quantitative estimate of drug-likeness (QED) is 0.0247. The van der Waals surface area contributed by atoms with Crippen molar-refractivity contribution < 1.29 is 99.0 Å². The first-order valence-corrected chi connectivity index (χ1v) is 28.6. The Balaban J connectivity index is 0.959. The topological polar surface area (TPSA) is 493 Å². The highest BCUT2D eigenvalue weighted by Gasteiger charge is 2.54. The van der Waals surface area contributed by atoms with E-state index in [0.717, 1.165) is 36.6 Å². The Kier molecular flexibility index (Phi) is 16.4. The predicted octanol–water partition coefficient (Wildman–Crippen LogP) is -4.03. The van der Waals surface area contributed by atoms with Crippen LogP contribution in [-0.2, 0) is 78.4 Å². The maximum absolute atomic E-state index is 14.2. The van der Waals surface area contributed by atoms with Gasteiger partial charge in [0.1, 0.15) is 50.0 Å². The Bertz CT molecular complexity index is 3270. The number of rotatable bonds is 21. The lowest BCUT2D eigenvalue weighted by Gasteiger charge is -2.35. The molecule has 12 N–H and O–H groups in total. The maximum atomic E-state index is 14.2. The molecule has 0 radical (unpaired) electrons. The third kappa shape index (κ3) is 11.6. The number of aromatic nitrogens is 10. The number of hydrogen-bond acceptors (Lipinski definition) is 27. The van der Waals surface area contributed by atoms with Crippen molar-refractivity contribution in [3.05, 3.63) is 62.4 Å². The zero-order chi connectivity index (χ0) is 53.8. The van der Waals surface area contributed by atoms with E-state index in [2.05, 4.69) is 33.5 Å². The van der Waals surface area contributed by atoms with Gasteiger partial charge in [0, 0.05) is 39.0 Å². The highest BCUT2D eigenvalue weighted by molar-refractivity contribution is 8.08. The van der Waals surface area contributed by atoms with Crippen molar-refractivity contribution in [3.8, 4) is 0 Å². The molecule has 5 aromatic rings. The van der Waals surface area contributed by atoms with Crippen LogP contribution in [0.4, 0.5) is 11.8 Å². The predicted molar refractivity (Wildman–Crippen MR) is 245 cm³/mol. The number of aliphatic hydroxyl groups is 3. The van der Waals surface area contributed by atoms with Crippen LogP contribution < -0.4 is 37.7 Å². The minimum absolute atomic E-state index is 0.00610. The number of imidazole rings is 2. The van der Waals surface area contributed by atoms with Crippen molar-refractivity contribution in [2.45, 2.75) is 73.5 Å². The van der Waals surface area contributed by atoms with E-state index in [1.807, 2.05) is 4.98 Å². The zero-order valence-electron chi connectivity index (χ0n) is 38.4. The van der Waals surface area contributed by atoms with Gasteiger partial charge in [-0.3, -0.25) is 37.8 Å². The van der Waals surface area contributed by atoms with Crippen LogP contribution in [0.3, 0.4) is 0 Å². The molecule has 0 saturated carbocycles. The van der Waals surface area contributed by atoms with E-state index >= 15 is 0 Å². The van der Waals surface area contributed by atoms with Crippen molar-refractivity contribution in [2.24, 2.45) is 13.0 Å². The summed E-state index contributed by atoms with van der Waals surface area (Å²) >= 11 is 4.92. The van der Waals surface area contributed by atoms with E-state index < -0.39 is 140 Å². The summed E-state index contributed by atoms with van der Waals surface area (Å²) in [6.45, 7) is -7.94. The number of aromatic amines is 2. The number of aryl methyl sites for hydroxylation is 1. The molecule has 74 heavy (non-hydrogen) atoms. The van der Waals surface area contributed by atoms with Crippen molar-refractivity contribution in [3.63, 3.8) is 0 Å². The van der Waals surface area contributed by atoms with Crippen LogP contribution >= 0.6 is 30.0 Å². The molecule has 3 aliphatic heterocycles. The lowest BCUT2D eigenvalue weighted by molar-refractivity contribution is -0.745. The first-order chi connectivity index (χ1) is 34.7. The molecular weight excluding hydrogens is 1100 g/mol. The molecule has 5 aromatic heterocycles. The van der Waals surface area contributed by atoms with Crippen LogP contribution in [0, 0.1) is 5.92 Å². The number of anilines is 2. The van der Waals surface area contributed by atoms with Crippen molar-refractivity contribution >= 4 is 75.9 Å². The molecule has 8 heterocycles. The fourth-order valence-corrected chi connectivity index (χ4v) is 14.9. The lowest BCUT2D eigenvalue weighted by atomic mass is 9.95. The Morgan fingerprint density at radius 1 is 0.865 bits per heavy atom. The van der Waals surface area contributed by atoms with Gasteiger partial charge in [-0.05, 0) is 18.2 Å². The zero-order valence-corrected chi connectivity index (χ0v) is 42.8. The molecule has 408 valence electrons. The van der Waals surface area contributed by atoms with Gasteiger partial charge in [0.25, 0.3) is 17.1 Å². The number of ether oxygens (including phenoxy) is 5. The van der Waals surface area contributed by atoms with E-state index in [1.165, 1.54) is 34.2 Å².